The molecule has 3 rings (SSSR count). The Morgan fingerprint density at radius 2 is 2.00 bits per heavy atom. The van der Waals surface area contributed by atoms with Gasteiger partial charge in [-0.25, -0.2) is 13.2 Å². The Kier molecular flexibility index (Phi) is 3.78. The van der Waals surface area contributed by atoms with Crippen molar-refractivity contribution in [3.8, 4) is 0 Å². The highest BCUT2D eigenvalue weighted by atomic mass is 32.2. The van der Waals surface area contributed by atoms with Gasteiger partial charge in [-0.3, -0.25) is 0 Å². The zero-order chi connectivity index (χ0) is 17.0. The minimum atomic E-state index is -3.67. The highest BCUT2D eigenvalue weighted by Gasteiger charge is 2.51. The van der Waals surface area contributed by atoms with Crippen molar-refractivity contribution in [2.24, 2.45) is 11.3 Å². The van der Waals surface area contributed by atoms with Crippen LogP contribution in [0.25, 0.3) is 0 Å². The zero-order valence-corrected chi connectivity index (χ0v) is 14.4. The van der Waals surface area contributed by atoms with Crippen LogP contribution in [0.5, 0.6) is 0 Å². The number of nitrogens with zero attached hydrogens (tertiary/aromatic N) is 2. The van der Waals surface area contributed by atoms with E-state index in [-0.39, 0.29) is 15.9 Å². The summed E-state index contributed by atoms with van der Waals surface area (Å²) >= 11 is 0. The minimum absolute atomic E-state index is 0.000453. The molecule has 6 nitrogen and oxygen atoms in total. The van der Waals surface area contributed by atoms with Gasteiger partial charge in [0.05, 0.1) is 10.5 Å². The van der Waals surface area contributed by atoms with Crippen LogP contribution in [-0.4, -0.2) is 61.9 Å². The van der Waals surface area contributed by atoms with Gasteiger partial charge in [0, 0.05) is 26.2 Å². The molecule has 0 amide bonds. The van der Waals surface area contributed by atoms with E-state index < -0.39 is 16.0 Å². The van der Waals surface area contributed by atoms with E-state index in [9.17, 15) is 13.2 Å². The van der Waals surface area contributed by atoms with Crippen LogP contribution in [0.2, 0.25) is 0 Å². The highest BCUT2D eigenvalue weighted by molar-refractivity contribution is 7.89. The second-order valence-corrected chi connectivity index (χ2v) is 9.04. The standard InChI is InChI=1S/C16H22N2O4S/c1-11-4-5-12(15(19)20)6-14(11)23(21,22)18-8-13-7-17(3)9-16(13,2)10-18/h4-6,13H,7-10H2,1-3H3,(H,19,20)/t13-,16+/m1/s1. The zero-order valence-electron chi connectivity index (χ0n) is 13.6. The summed E-state index contributed by atoms with van der Waals surface area (Å²) in [5.41, 5.74) is 0.550. The van der Waals surface area contributed by atoms with Gasteiger partial charge in [0.2, 0.25) is 10.0 Å². The molecule has 0 aromatic heterocycles. The molecule has 2 fully saturated rings. The Hall–Kier alpha value is -1.44. The number of rotatable bonds is 3. The third kappa shape index (κ3) is 2.66. The van der Waals surface area contributed by atoms with Crippen molar-refractivity contribution < 1.29 is 18.3 Å². The fourth-order valence-electron chi connectivity index (χ4n) is 3.91. The molecular formula is C16H22N2O4S. The number of aromatic carboxylic acids is 1. The first-order valence-electron chi connectivity index (χ1n) is 7.66. The van der Waals surface area contributed by atoms with Crippen LogP contribution in [-0.2, 0) is 10.0 Å². The molecule has 0 radical (unpaired) electrons. The maximum Gasteiger partial charge on any atom is 0.335 e. The van der Waals surface area contributed by atoms with Crippen molar-refractivity contribution in [3.63, 3.8) is 0 Å². The van der Waals surface area contributed by atoms with Gasteiger partial charge in [0.1, 0.15) is 0 Å². The lowest BCUT2D eigenvalue weighted by molar-refractivity contribution is 0.0696. The van der Waals surface area contributed by atoms with Crippen molar-refractivity contribution in [2.75, 3.05) is 33.2 Å². The van der Waals surface area contributed by atoms with Crippen molar-refractivity contribution >= 4 is 16.0 Å². The lowest BCUT2D eigenvalue weighted by Crippen LogP contribution is -2.35. The van der Waals surface area contributed by atoms with Crippen LogP contribution < -0.4 is 0 Å². The lowest BCUT2D eigenvalue weighted by atomic mass is 9.83. The van der Waals surface area contributed by atoms with Crippen LogP contribution >= 0.6 is 0 Å². The van der Waals surface area contributed by atoms with E-state index in [1.54, 1.807) is 13.0 Å². The van der Waals surface area contributed by atoms with E-state index in [1.807, 2.05) is 0 Å². The number of aryl methyl sites for hydroxylation is 1. The molecule has 0 aliphatic carbocycles. The summed E-state index contributed by atoms with van der Waals surface area (Å²) in [6.45, 7) is 6.61. The molecule has 2 saturated heterocycles. The molecule has 0 saturated carbocycles. The van der Waals surface area contributed by atoms with Gasteiger partial charge >= 0.3 is 5.97 Å². The molecule has 126 valence electrons. The predicted octanol–water partition coefficient (Wildman–Crippen LogP) is 1.27. The Balaban J connectivity index is 1.95. The molecule has 2 heterocycles. The molecule has 2 atom stereocenters. The van der Waals surface area contributed by atoms with Gasteiger partial charge in [0.25, 0.3) is 0 Å². The van der Waals surface area contributed by atoms with Gasteiger partial charge in [-0.1, -0.05) is 13.0 Å². The first kappa shape index (κ1) is 16.4. The molecule has 7 heteroatoms. The summed E-state index contributed by atoms with van der Waals surface area (Å²) < 4.78 is 27.5. The third-order valence-corrected chi connectivity index (χ3v) is 7.12. The van der Waals surface area contributed by atoms with Crippen molar-refractivity contribution in [1.29, 1.82) is 0 Å². The monoisotopic (exact) mass is 338 g/mol. The molecule has 0 unspecified atom stereocenters. The molecule has 0 bridgehead atoms. The van der Waals surface area contributed by atoms with E-state index in [0.29, 0.717) is 24.6 Å². The van der Waals surface area contributed by atoms with E-state index in [4.69, 9.17) is 5.11 Å². The second kappa shape index (κ2) is 5.29. The van der Waals surface area contributed by atoms with E-state index >= 15 is 0 Å². The summed E-state index contributed by atoms with van der Waals surface area (Å²) in [7, 11) is -1.61. The Bertz CT molecular complexity index is 761. The van der Waals surface area contributed by atoms with Crippen LogP contribution in [0.15, 0.2) is 23.1 Å². The first-order valence-corrected chi connectivity index (χ1v) is 9.10. The lowest BCUT2D eigenvalue weighted by Gasteiger charge is -2.24. The Labute approximate surface area is 136 Å². The van der Waals surface area contributed by atoms with Gasteiger partial charge < -0.3 is 10.0 Å². The fraction of sp³-hybridized carbons (Fsp3) is 0.562. The molecular weight excluding hydrogens is 316 g/mol. The number of hydrogen-bond acceptors (Lipinski definition) is 4. The summed E-state index contributed by atoms with van der Waals surface area (Å²) in [5, 5.41) is 9.12. The fourth-order valence-corrected chi connectivity index (χ4v) is 5.78. The van der Waals surface area contributed by atoms with Crippen molar-refractivity contribution in [3.05, 3.63) is 29.3 Å². The Morgan fingerprint density at radius 3 is 2.61 bits per heavy atom. The minimum Gasteiger partial charge on any atom is -0.478 e. The van der Waals surface area contributed by atoms with Crippen LogP contribution in [0.4, 0.5) is 0 Å². The molecule has 1 aromatic carbocycles. The first-order chi connectivity index (χ1) is 10.6. The van der Waals surface area contributed by atoms with Gasteiger partial charge in [-0.2, -0.15) is 4.31 Å². The number of fused-ring (bicyclic) bond motifs is 1. The molecule has 2 aliphatic rings. The smallest absolute Gasteiger partial charge is 0.335 e. The van der Waals surface area contributed by atoms with Gasteiger partial charge in [-0.15, -0.1) is 0 Å². The SMILES string of the molecule is Cc1ccc(C(=O)O)cc1S(=O)(=O)N1C[C@H]2CN(C)C[C@@]2(C)C1. The largest absolute Gasteiger partial charge is 0.478 e. The topological polar surface area (TPSA) is 77.9 Å². The van der Waals surface area contributed by atoms with E-state index in [0.717, 1.165) is 13.1 Å². The number of benzene rings is 1. The van der Waals surface area contributed by atoms with Crippen LogP contribution in [0, 0.1) is 18.3 Å². The average molecular weight is 338 g/mol. The summed E-state index contributed by atoms with van der Waals surface area (Å²) in [4.78, 5) is 13.5. The summed E-state index contributed by atoms with van der Waals surface area (Å²) in [5.74, 6) is -0.793. The molecule has 1 aromatic rings. The van der Waals surface area contributed by atoms with Crippen molar-refractivity contribution in [2.45, 2.75) is 18.7 Å². The van der Waals surface area contributed by atoms with Gasteiger partial charge in [-0.05, 0) is 43.0 Å². The predicted molar refractivity (Wildman–Crippen MR) is 86.0 cm³/mol. The maximum absolute atomic E-state index is 13.0. The number of carbonyl (C=O) groups is 1. The number of hydrogen-bond donors (Lipinski definition) is 1. The number of carboxylic acids is 1. The summed E-state index contributed by atoms with van der Waals surface area (Å²) in [6.07, 6.45) is 0. The average Bonchev–Trinajstić information content (AvgIpc) is 2.89. The van der Waals surface area contributed by atoms with Gasteiger partial charge in [0.15, 0.2) is 0 Å². The van der Waals surface area contributed by atoms with E-state index in [1.165, 1.54) is 16.4 Å². The molecule has 0 spiro atoms. The van der Waals surface area contributed by atoms with Crippen LogP contribution in [0.1, 0.15) is 22.8 Å². The van der Waals surface area contributed by atoms with Crippen LogP contribution in [0.3, 0.4) is 0 Å². The number of sulfonamides is 1. The molecule has 23 heavy (non-hydrogen) atoms. The molecule has 2 aliphatic heterocycles. The second-order valence-electron chi connectivity index (χ2n) is 7.13. The van der Waals surface area contributed by atoms with E-state index in [2.05, 4.69) is 18.9 Å². The molecule has 1 N–H and O–H groups in total. The maximum atomic E-state index is 13.0. The normalized spacial score (nSPS) is 28.9. The summed E-state index contributed by atoms with van der Waals surface area (Å²) in [6, 6.07) is 4.27. The number of likely N-dealkylation sites (tertiary alicyclic amines) is 1. The number of carboxylic acid groups (broad SMARTS) is 1. The Morgan fingerprint density at radius 1 is 1.30 bits per heavy atom. The third-order valence-electron chi connectivity index (χ3n) is 5.16. The van der Waals surface area contributed by atoms with Crippen molar-refractivity contribution in [1.82, 2.24) is 9.21 Å². The quantitative estimate of drug-likeness (QED) is 0.898. The highest BCUT2D eigenvalue weighted by Crippen LogP contribution is 2.43.